The molecule has 6 heteroatoms. The van der Waals surface area contributed by atoms with Gasteiger partial charge in [-0.1, -0.05) is 19.3 Å². The number of piperazine rings is 1. The van der Waals surface area contributed by atoms with Crippen LogP contribution in [0, 0.1) is 0 Å². The molecule has 3 heterocycles. The smallest absolute Gasteiger partial charge is 0.264 e. The number of H-pyrrole nitrogens is 1. The molecule has 2 fully saturated rings. The van der Waals surface area contributed by atoms with E-state index in [1.807, 2.05) is 28.1 Å². The molecule has 0 radical (unpaired) electrons. The normalized spacial score (nSPS) is 20.7. The van der Waals surface area contributed by atoms with Gasteiger partial charge in [0.2, 0.25) is 5.91 Å². The molecule has 0 atom stereocenters. The van der Waals surface area contributed by atoms with Gasteiger partial charge in [0.25, 0.3) is 5.91 Å². The fraction of sp³-hybridized carbons (Fsp3) is 0.556. The van der Waals surface area contributed by atoms with Crippen molar-refractivity contribution in [2.24, 2.45) is 0 Å². The Labute approximate surface area is 145 Å². The number of carbonyl (C=O) groups excluding carboxylic acids is 2. The third kappa shape index (κ3) is 2.53. The molecule has 2 aliphatic rings. The van der Waals surface area contributed by atoms with Gasteiger partial charge in [-0.2, -0.15) is 0 Å². The molecule has 1 spiro atoms. The van der Waals surface area contributed by atoms with Gasteiger partial charge < -0.3 is 14.8 Å². The van der Waals surface area contributed by atoms with Crippen LogP contribution in [0.4, 0.5) is 0 Å². The summed E-state index contributed by atoms with van der Waals surface area (Å²) in [6.07, 6.45) is 7.46. The van der Waals surface area contributed by atoms with Crippen LogP contribution in [0.3, 0.4) is 0 Å². The minimum absolute atomic E-state index is 0.109. The Kier molecular flexibility index (Phi) is 3.87. The van der Waals surface area contributed by atoms with Crippen molar-refractivity contribution in [2.75, 3.05) is 19.6 Å². The molecule has 1 N–H and O–H groups in total. The van der Waals surface area contributed by atoms with Crippen molar-refractivity contribution >= 4 is 33.4 Å². The second kappa shape index (κ2) is 5.92. The number of rotatable bonds is 1. The van der Waals surface area contributed by atoms with Crippen molar-refractivity contribution in [3.05, 3.63) is 23.2 Å². The Morgan fingerprint density at radius 1 is 1.21 bits per heavy atom. The van der Waals surface area contributed by atoms with Gasteiger partial charge in [-0.05, 0) is 25.0 Å². The van der Waals surface area contributed by atoms with E-state index < -0.39 is 0 Å². The van der Waals surface area contributed by atoms with E-state index in [1.54, 1.807) is 18.3 Å². The van der Waals surface area contributed by atoms with E-state index >= 15 is 0 Å². The number of nitrogens with zero attached hydrogens (tertiary/aromatic N) is 2. The van der Waals surface area contributed by atoms with Gasteiger partial charge in [0, 0.05) is 32.8 Å². The van der Waals surface area contributed by atoms with Crippen LogP contribution in [0.2, 0.25) is 0 Å². The number of aromatic nitrogens is 1. The van der Waals surface area contributed by atoms with E-state index in [1.165, 1.54) is 6.42 Å². The molecule has 2 aromatic rings. The summed E-state index contributed by atoms with van der Waals surface area (Å²) in [5, 5.41) is 0. The summed E-state index contributed by atoms with van der Waals surface area (Å²) in [5.74, 6) is 0.256. The van der Waals surface area contributed by atoms with Crippen molar-refractivity contribution in [3.8, 4) is 0 Å². The Balaban J connectivity index is 1.59. The average molecular weight is 345 g/mol. The maximum absolute atomic E-state index is 13.0. The fourth-order valence-electron chi connectivity index (χ4n) is 4.39. The van der Waals surface area contributed by atoms with Gasteiger partial charge in [-0.15, -0.1) is 11.3 Å². The molecule has 2 amide bonds. The topological polar surface area (TPSA) is 56.4 Å². The molecule has 5 nitrogen and oxygen atoms in total. The van der Waals surface area contributed by atoms with E-state index in [9.17, 15) is 9.59 Å². The number of amides is 2. The number of hydrogen-bond acceptors (Lipinski definition) is 3. The van der Waals surface area contributed by atoms with Crippen LogP contribution in [0.25, 0.3) is 10.2 Å². The van der Waals surface area contributed by atoms with E-state index in [2.05, 4.69) is 4.98 Å². The standard InChI is InChI=1S/C18H23N3O2S/c1-13(22)21-10-9-20(12-18(21)6-3-2-4-7-18)17(23)16-11-14-15(24-16)5-8-19-14/h5,8,11,19H,2-4,6-7,9-10,12H2,1H3. The minimum Gasteiger partial charge on any atom is -0.360 e. The summed E-state index contributed by atoms with van der Waals surface area (Å²) in [6, 6.07) is 3.96. The average Bonchev–Trinajstić information content (AvgIpc) is 3.16. The fourth-order valence-corrected chi connectivity index (χ4v) is 5.38. The van der Waals surface area contributed by atoms with E-state index in [-0.39, 0.29) is 17.4 Å². The molecule has 1 aliphatic carbocycles. The first-order valence-electron chi connectivity index (χ1n) is 8.73. The number of hydrogen-bond donors (Lipinski definition) is 1. The van der Waals surface area contributed by atoms with Crippen LogP contribution in [0.5, 0.6) is 0 Å². The predicted octanol–water partition coefficient (Wildman–Crippen LogP) is 3.24. The van der Waals surface area contributed by atoms with Crippen LogP contribution in [-0.4, -0.2) is 51.8 Å². The summed E-state index contributed by atoms with van der Waals surface area (Å²) in [5.41, 5.74) is 0.883. The molecule has 1 aliphatic heterocycles. The molecule has 1 saturated carbocycles. The van der Waals surface area contributed by atoms with Crippen molar-refractivity contribution < 1.29 is 9.59 Å². The van der Waals surface area contributed by atoms with Gasteiger partial charge in [-0.25, -0.2) is 0 Å². The van der Waals surface area contributed by atoms with Gasteiger partial charge in [0.1, 0.15) is 0 Å². The zero-order valence-corrected chi connectivity index (χ0v) is 14.8. The highest BCUT2D eigenvalue weighted by molar-refractivity contribution is 7.20. The van der Waals surface area contributed by atoms with Crippen molar-refractivity contribution in [3.63, 3.8) is 0 Å². The second-order valence-corrected chi connectivity index (χ2v) is 8.13. The molecule has 128 valence electrons. The Morgan fingerprint density at radius 3 is 2.71 bits per heavy atom. The van der Waals surface area contributed by atoms with Crippen molar-refractivity contribution in [1.29, 1.82) is 0 Å². The lowest BCUT2D eigenvalue weighted by Crippen LogP contribution is -2.65. The maximum atomic E-state index is 13.0. The first-order valence-corrected chi connectivity index (χ1v) is 9.55. The third-order valence-electron chi connectivity index (χ3n) is 5.55. The first kappa shape index (κ1) is 15.7. The van der Waals surface area contributed by atoms with Gasteiger partial charge in [0.05, 0.1) is 20.6 Å². The minimum atomic E-state index is -0.143. The highest BCUT2D eigenvalue weighted by Gasteiger charge is 2.44. The lowest BCUT2D eigenvalue weighted by molar-refractivity contribution is -0.141. The van der Waals surface area contributed by atoms with E-state index in [4.69, 9.17) is 0 Å². The molecular formula is C18H23N3O2S. The molecule has 4 rings (SSSR count). The summed E-state index contributed by atoms with van der Waals surface area (Å²) < 4.78 is 1.12. The Bertz CT molecular complexity index is 744. The molecular weight excluding hydrogens is 322 g/mol. The number of nitrogens with one attached hydrogen (secondary N) is 1. The second-order valence-electron chi connectivity index (χ2n) is 7.05. The van der Waals surface area contributed by atoms with Crippen LogP contribution in [-0.2, 0) is 4.79 Å². The maximum Gasteiger partial charge on any atom is 0.264 e. The van der Waals surface area contributed by atoms with Crippen LogP contribution in [0.15, 0.2) is 18.3 Å². The molecule has 0 unspecified atom stereocenters. The number of thiophene rings is 1. The van der Waals surface area contributed by atoms with Gasteiger partial charge in [0.15, 0.2) is 0 Å². The first-order chi connectivity index (χ1) is 11.6. The SMILES string of the molecule is CC(=O)N1CCN(C(=O)c2cc3[nH]ccc3s2)CC12CCCCC2. The summed E-state index contributed by atoms with van der Waals surface area (Å²) in [7, 11) is 0. The highest BCUT2D eigenvalue weighted by Crippen LogP contribution is 2.37. The largest absolute Gasteiger partial charge is 0.360 e. The number of carbonyl (C=O) groups is 2. The van der Waals surface area contributed by atoms with Crippen molar-refractivity contribution in [2.45, 2.75) is 44.6 Å². The van der Waals surface area contributed by atoms with E-state index in [0.29, 0.717) is 19.6 Å². The zero-order chi connectivity index (χ0) is 16.7. The van der Waals surface area contributed by atoms with Crippen LogP contribution in [0.1, 0.15) is 48.7 Å². The quantitative estimate of drug-likeness (QED) is 0.863. The van der Waals surface area contributed by atoms with Crippen LogP contribution < -0.4 is 0 Å². The van der Waals surface area contributed by atoms with Gasteiger partial charge in [-0.3, -0.25) is 9.59 Å². The monoisotopic (exact) mass is 345 g/mol. The Hall–Kier alpha value is -1.82. The third-order valence-corrected chi connectivity index (χ3v) is 6.64. The molecule has 0 bridgehead atoms. The molecule has 0 aromatic carbocycles. The molecule has 2 aromatic heterocycles. The molecule has 24 heavy (non-hydrogen) atoms. The number of fused-ring (bicyclic) bond motifs is 1. The summed E-state index contributed by atoms with van der Waals surface area (Å²) >= 11 is 1.54. The summed E-state index contributed by atoms with van der Waals surface area (Å²) in [6.45, 7) is 3.63. The highest BCUT2D eigenvalue weighted by atomic mass is 32.1. The predicted molar refractivity (Wildman–Crippen MR) is 95.3 cm³/mol. The lowest BCUT2D eigenvalue weighted by atomic mass is 9.78. The molecule has 1 saturated heterocycles. The zero-order valence-electron chi connectivity index (χ0n) is 14.0. The van der Waals surface area contributed by atoms with Crippen LogP contribution >= 0.6 is 11.3 Å². The lowest BCUT2D eigenvalue weighted by Gasteiger charge is -2.52. The van der Waals surface area contributed by atoms with E-state index in [0.717, 1.165) is 40.8 Å². The summed E-state index contributed by atoms with van der Waals surface area (Å²) in [4.78, 5) is 33.1. The number of aromatic amines is 1. The van der Waals surface area contributed by atoms with Crippen molar-refractivity contribution in [1.82, 2.24) is 14.8 Å². The Morgan fingerprint density at radius 2 is 2.00 bits per heavy atom. The van der Waals surface area contributed by atoms with Gasteiger partial charge >= 0.3 is 0 Å².